The number of nitrogens with zero attached hydrogens (tertiary/aromatic N) is 1. The van der Waals surface area contributed by atoms with Crippen LogP contribution in [0.15, 0.2) is 65.7 Å². The molecular formula is C17H16NO4-. The third-order valence-electron chi connectivity index (χ3n) is 3.34. The number of aliphatic imine (C=N–C) groups is 1. The fraction of sp³-hybridized carbons (Fsp3) is 0.176. The molecule has 0 aromatic heterocycles. The Morgan fingerprint density at radius 2 is 1.59 bits per heavy atom. The quantitative estimate of drug-likeness (QED) is 0.611. The second kappa shape index (κ2) is 6.87. The number of aliphatic carboxylic acids is 1. The molecule has 0 bridgehead atoms. The fourth-order valence-electron chi connectivity index (χ4n) is 2.10. The van der Waals surface area contributed by atoms with Gasteiger partial charge in [0.15, 0.2) is 5.54 Å². The normalized spacial score (nSPS) is 14.3. The minimum absolute atomic E-state index is 0.0573. The molecule has 2 rings (SSSR count). The van der Waals surface area contributed by atoms with Crippen LogP contribution in [0.5, 0.6) is 0 Å². The number of aliphatic hydroxyl groups is 1. The zero-order valence-corrected chi connectivity index (χ0v) is 11.8. The lowest BCUT2D eigenvalue weighted by Gasteiger charge is -2.26. The Balaban J connectivity index is 2.39. The van der Waals surface area contributed by atoms with Gasteiger partial charge in [0, 0.05) is 6.42 Å². The Labute approximate surface area is 128 Å². The summed E-state index contributed by atoms with van der Waals surface area (Å²) in [6, 6.07) is 17.0. The molecule has 0 saturated heterocycles. The summed E-state index contributed by atoms with van der Waals surface area (Å²) in [5.74, 6) is -1.99. The van der Waals surface area contributed by atoms with Crippen molar-refractivity contribution in [1.29, 1.82) is 0 Å². The van der Waals surface area contributed by atoms with E-state index in [1.165, 1.54) is 0 Å². The molecule has 5 heteroatoms. The van der Waals surface area contributed by atoms with Crippen molar-refractivity contribution in [3.63, 3.8) is 0 Å². The highest BCUT2D eigenvalue weighted by Gasteiger charge is 2.37. The van der Waals surface area contributed by atoms with Crippen LogP contribution >= 0.6 is 0 Å². The van der Waals surface area contributed by atoms with Crippen molar-refractivity contribution in [2.45, 2.75) is 12.0 Å². The van der Waals surface area contributed by atoms with Gasteiger partial charge in [-0.15, -0.1) is 0 Å². The summed E-state index contributed by atoms with van der Waals surface area (Å²) in [5.41, 5.74) is -0.910. The second-order valence-electron chi connectivity index (χ2n) is 4.94. The second-order valence-corrected chi connectivity index (χ2v) is 4.94. The first-order valence-electron chi connectivity index (χ1n) is 6.78. The third kappa shape index (κ3) is 3.51. The van der Waals surface area contributed by atoms with Gasteiger partial charge in [-0.25, -0.2) is 4.79 Å². The van der Waals surface area contributed by atoms with E-state index >= 15 is 0 Å². The van der Waals surface area contributed by atoms with Crippen LogP contribution in [0.25, 0.3) is 0 Å². The number of hydrogen-bond donors (Lipinski definition) is 2. The van der Waals surface area contributed by atoms with Crippen molar-refractivity contribution in [3.8, 4) is 0 Å². The maximum atomic E-state index is 12.2. The predicted molar refractivity (Wildman–Crippen MR) is 80.6 cm³/mol. The Kier molecular flexibility index (Phi) is 4.91. The van der Waals surface area contributed by atoms with Gasteiger partial charge in [-0.05, 0) is 17.0 Å². The van der Waals surface area contributed by atoms with Crippen molar-refractivity contribution >= 4 is 11.9 Å². The van der Waals surface area contributed by atoms with E-state index in [1.807, 2.05) is 0 Å². The highest BCUT2D eigenvalue weighted by molar-refractivity contribution is 5.93. The van der Waals surface area contributed by atoms with Gasteiger partial charge in [0.1, 0.15) is 0 Å². The van der Waals surface area contributed by atoms with E-state index in [4.69, 9.17) is 0 Å². The number of rotatable bonds is 6. The van der Waals surface area contributed by atoms with E-state index in [-0.39, 0.29) is 12.0 Å². The summed E-state index contributed by atoms with van der Waals surface area (Å²) in [4.78, 5) is 15.4. The van der Waals surface area contributed by atoms with E-state index in [9.17, 15) is 20.1 Å². The van der Waals surface area contributed by atoms with Crippen molar-refractivity contribution in [3.05, 3.63) is 71.8 Å². The summed E-state index contributed by atoms with van der Waals surface area (Å²) in [5, 5.41) is 31.2. The molecule has 0 aliphatic heterocycles. The van der Waals surface area contributed by atoms with Gasteiger partial charge >= 0.3 is 5.97 Å². The summed E-state index contributed by atoms with van der Waals surface area (Å²) in [6.07, 6.45) is -0.0573. The Morgan fingerprint density at radius 3 is 2.09 bits per heavy atom. The number of hydrogen-bond acceptors (Lipinski definition) is 4. The Hall–Kier alpha value is -2.66. The minimum Gasteiger partial charge on any atom is -0.858 e. The van der Waals surface area contributed by atoms with Crippen molar-refractivity contribution in [1.82, 2.24) is 0 Å². The van der Waals surface area contributed by atoms with Crippen LogP contribution in [-0.4, -0.2) is 34.2 Å². The number of aliphatic hydroxyl groups excluding tert-OH is 1. The van der Waals surface area contributed by atoms with Gasteiger partial charge < -0.3 is 15.3 Å². The molecule has 2 N–H and O–H groups in total. The number of benzene rings is 2. The topological polar surface area (TPSA) is 93.0 Å². The molecule has 0 aliphatic rings. The highest BCUT2D eigenvalue weighted by atomic mass is 16.4. The predicted octanol–water partition coefficient (Wildman–Crippen LogP) is 0.852. The maximum absolute atomic E-state index is 12.2. The van der Waals surface area contributed by atoms with Crippen LogP contribution in [0, 0.1) is 0 Å². The molecule has 0 fully saturated rings. The molecule has 0 heterocycles. The molecule has 1 atom stereocenters. The van der Waals surface area contributed by atoms with Crippen molar-refractivity contribution in [2.24, 2.45) is 4.99 Å². The van der Waals surface area contributed by atoms with Crippen LogP contribution < -0.4 is 5.11 Å². The fourth-order valence-corrected chi connectivity index (χ4v) is 2.10. The van der Waals surface area contributed by atoms with Crippen molar-refractivity contribution < 1.29 is 20.1 Å². The molecule has 0 unspecified atom stereocenters. The third-order valence-corrected chi connectivity index (χ3v) is 3.34. The summed E-state index contributed by atoms with van der Waals surface area (Å²) in [7, 11) is 0. The van der Waals surface area contributed by atoms with E-state index in [1.54, 1.807) is 60.7 Å². The van der Waals surface area contributed by atoms with Gasteiger partial charge in [0.2, 0.25) is 0 Å². The zero-order valence-electron chi connectivity index (χ0n) is 11.8. The molecule has 22 heavy (non-hydrogen) atoms. The first kappa shape index (κ1) is 15.7. The zero-order chi connectivity index (χ0) is 16.0. The average molecular weight is 298 g/mol. The maximum Gasteiger partial charge on any atom is 0.334 e. The molecule has 0 radical (unpaired) electrons. The Bertz CT molecular complexity index is 655. The van der Waals surface area contributed by atoms with Gasteiger partial charge in [-0.1, -0.05) is 60.7 Å². The van der Waals surface area contributed by atoms with Crippen molar-refractivity contribution in [2.75, 3.05) is 6.61 Å². The van der Waals surface area contributed by atoms with E-state index in [0.29, 0.717) is 5.56 Å². The van der Waals surface area contributed by atoms with Gasteiger partial charge in [-0.2, -0.15) is 0 Å². The number of carbonyl (C=O) groups is 1. The molecule has 0 saturated carbocycles. The highest BCUT2D eigenvalue weighted by Crippen LogP contribution is 2.19. The average Bonchev–Trinajstić information content (AvgIpc) is 2.55. The van der Waals surface area contributed by atoms with Gasteiger partial charge in [0.25, 0.3) is 0 Å². The molecule has 0 amide bonds. The van der Waals surface area contributed by atoms with Crippen LogP contribution in [0.1, 0.15) is 11.1 Å². The molecular weight excluding hydrogens is 282 g/mol. The lowest BCUT2D eigenvalue weighted by atomic mass is 9.92. The van der Waals surface area contributed by atoms with Crippen LogP contribution in [0.2, 0.25) is 0 Å². The smallest absolute Gasteiger partial charge is 0.334 e. The first-order chi connectivity index (χ1) is 10.6. The van der Waals surface area contributed by atoms with E-state index < -0.39 is 24.0 Å². The Morgan fingerprint density at radius 1 is 1.05 bits per heavy atom. The van der Waals surface area contributed by atoms with Crippen LogP contribution in [-0.2, 0) is 11.2 Å². The molecule has 0 spiro atoms. The summed E-state index contributed by atoms with van der Waals surface area (Å²) in [6.45, 7) is -0.754. The van der Waals surface area contributed by atoms with Crippen LogP contribution in [0.3, 0.4) is 0 Å². The first-order valence-corrected chi connectivity index (χ1v) is 6.78. The molecule has 2 aromatic rings. The molecule has 0 aliphatic carbocycles. The summed E-state index contributed by atoms with van der Waals surface area (Å²) >= 11 is 0. The lowest BCUT2D eigenvalue weighted by Crippen LogP contribution is -2.45. The van der Waals surface area contributed by atoms with Gasteiger partial charge in [0.05, 0.1) is 6.61 Å². The monoisotopic (exact) mass is 298 g/mol. The minimum atomic E-state index is -1.88. The standard InChI is InChI=1S/C17H17NO4/c19-12-17(16(21)22,11-13-7-3-1-4-8-13)18-15(20)14-9-5-2-6-10-14/h1-10,19H,11-12H2,(H,18,20)(H,21,22)/p-1/t17-/m0/s1. The number of carboxylic acids is 1. The van der Waals surface area contributed by atoms with E-state index in [0.717, 1.165) is 0 Å². The summed E-state index contributed by atoms with van der Waals surface area (Å²) < 4.78 is 0. The van der Waals surface area contributed by atoms with Crippen LogP contribution in [0.4, 0.5) is 0 Å². The molecule has 114 valence electrons. The van der Waals surface area contributed by atoms with E-state index in [2.05, 4.69) is 4.99 Å². The SMILES string of the molecule is O=C(O)[C@@](CO)(Cc1ccccc1)N=C([O-])c1ccccc1. The molecule has 2 aromatic carbocycles. The van der Waals surface area contributed by atoms with Gasteiger partial charge in [-0.3, -0.25) is 4.99 Å². The number of carboxylic acid groups (broad SMARTS) is 1. The molecule has 5 nitrogen and oxygen atoms in total. The lowest BCUT2D eigenvalue weighted by molar-refractivity contribution is -0.214. The largest absolute Gasteiger partial charge is 0.858 e.